The van der Waals surface area contributed by atoms with Gasteiger partial charge in [-0.25, -0.2) is 4.98 Å². The van der Waals surface area contributed by atoms with Crippen molar-refractivity contribution in [2.75, 3.05) is 4.90 Å². The first-order valence-corrected chi connectivity index (χ1v) is 10.4. The van der Waals surface area contributed by atoms with Gasteiger partial charge in [0.2, 0.25) is 5.95 Å². The molecule has 1 aliphatic heterocycles. The highest BCUT2D eigenvalue weighted by Gasteiger charge is 2.49. The molecule has 4 aromatic rings. The number of fused-ring (bicyclic) bond motifs is 1. The Hall–Kier alpha value is -4.13. The minimum Gasteiger partial charge on any atom is -0.507 e. The number of para-hydroxylation sites is 2. The smallest absolute Gasteiger partial charge is 0.302 e. The van der Waals surface area contributed by atoms with Gasteiger partial charge in [-0.1, -0.05) is 43.3 Å². The summed E-state index contributed by atoms with van der Waals surface area (Å²) in [4.78, 5) is 35.2. The number of anilines is 1. The van der Waals surface area contributed by atoms with Crippen molar-refractivity contribution < 1.29 is 19.1 Å². The fourth-order valence-corrected chi connectivity index (χ4v) is 4.03. The van der Waals surface area contributed by atoms with Crippen LogP contribution in [0.25, 0.3) is 16.8 Å². The standard InChI is InChI=1S/C25H21N3O4/c1-3-15-9-11-16(12-10-15)22(29)20-21(19-13-8-14(2)32-19)28(24(31)23(20)30)25-26-17-6-4-5-7-18(17)27-25/h4-13,21,29H,3H2,1-2H3,(H,26,27)/b22-20+. The van der Waals surface area contributed by atoms with Crippen LogP contribution in [0.4, 0.5) is 5.95 Å². The number of Topliss-reactive ketones (excluding diaryl/α,β-unsaturated/α-hetero) is 1. The number of nitrogens with zero attached hydrogens (tertiary/aromatic N) is 2. The van der Waals surface area contributed by atoms with E-state index in [0.717, 1.165) is 17.5 Å². The van der Waals surface area contributed by atoms with Crippen LogP contribution in [0.15, 0.2) is 70.7 Å². The molecule has 0 spiro atoms. The minimum absolute atomic E-state index is 0.0333. The monoisotopic (exact) mass is 427 g/mol. The number of aromatic amines is 1. The van der Waals surface area contributed by atoms with Gasteiger partial charge in [0.1, 0.15) is 23.3 Å². The second-order valence-electron chi connectivity index (χ2n) is 7.75. The van der Waals surface area contributed by atoms with E-state index < -0.39 is 17.7 Å². The van der Waals surface area contributed by atoms with E-state index >= 15 is 0 Å². The highest BCUT2D eigenvalue weighted by atomic mass is 16.3. The van der Waals surface area contributed by atoms with Crippen molar-refractivity contribution in [2.45, 2.75) is 26.3 Å². The lowest BCUT2D eigenvalue weighted by Gasteiger charge is -2.20. The quantitative estimate of drug-likeness (QED) is 0.280. The molecule has 2 aromatic carbocycles. The Morgan fingerprint density at radius 3 is 2.50 bits per heavy atom. The predicted molar refractivity (Wildman–Crippen MR) is 120 cm³/mol. The number of hydrogen-bond donors (Lipinski definition) is 2. The van der Waals surface area contributed by atoms with Crippen molar-refractivity contribution in [3.8, 4) is 0 Å². The summed E-state index contributed by atoms with van der Waals surface area (Å²) >= 11 is 0. The number of benzene rings is 2. The van der Waals surface area contributed by atoms with Crippen molar-refractivity contribution in [1.82, 2.24) is 9.97 Å². The largest absolute Gasteiger partial charge is 0.507 e. The summed E-state index contributed by atoms with van der Waals surface area (Å²) in [6.07, 6.45) is 0.850. The van der Waals surface area contributed by atoms with Crippen LogP contribution in [0.1, 0.15) is 35.6 Å². The molecule has 7 nitrogen and oxygen atoms in total. The zero-order valence-corrected chi connectivity index (χ0v) is 17.6. The number of hydrogen-bond acceptors (Lipinski definition) is 5. The van der Waals surface area contributed by atoms with E-state index in [4.69, 9.17) is 4.42 Å². The first-order valence-electron chi connectivity index (χ1n) is 10.4. The molecule has 0 radical (unpaired) electrons. The Balaban J connectivity index is 1.70. The maximum absolute atomic E-state index is 13.1. The van der Waals surface area contributed by atoms with Crippen molar-refractivity contribution in [1.29, 1.82) is 0 Å². The van der Waals surface area contributed by atoms with Gasteiger partial charge in [-0.2, -0.15) is 0 Å². The van der Waals surface area contributed by atoms with Crippen LogP contribution in [0.2, 0.25) is 0 Å². The molecule has 0 bridgehead atoms. The van der Waals surface area contributed by atoms with Crippen LogP contribution in [0.5, 0.6) is 0 Å². The zero-order valence-electron chi connectivity index (χ0n) is 17.6. The van der Waals surface area contributed by atoms with E-state index in [0.29, 0.717) is 22.6 Å². The number of rotatable bonds is 4. The molecule has 1 atom stereocenters. The molecule has 2 N–H and O–H groups in total. The molecule has 5 rings (SSSR count). The van der Waals surface area contributed by atoms with Crippen LogP contribution >= 0.6 is 0 Å². The molecule has 1 amide bonds. The van der Waals surface area contributed by atoms with Gasteiger partial charge in [-0.15, -0.1) is 0 Å². The third kappa shape index (κ3) is 3.10. The summed E-state index contributed by atoms with van der Waals surface area (Å²) in [7, 11) is 0. The molecule has 0 aliphatic carbocycles. The van der Waals surface area contributed by atoms with E-state index in [1.165, 1.54) is 4.90 Å². The molecule has 32 heavy (non-hydrogen) atoms. The van der Waals surface area contributed by atoms with Crippen molar-refractivity contribution in [2.24, 2.45) is 0 Å². The minimum atomic E-state index is -0.949. The fraction of sp³-hybridized carbons (Fsp3) is 0.160. The lowest BCUT2D eigenvalue weighted by Crippen LogP contribution is -2.30. The van der Waals surface area contributed by atoms with Crippen LogP contribution in [0, 0.1) is 6.92 Å². The van der Waals surface area contributed by atoms with Crippen molar-refractivity contribution in [3.63, 3.8) is 0 Å². The number of ketones is 1. The highest BCUT2D eigenvalue weighted by molar-refractivity contribution is 6.51. The number of furan rings is 1. The molecule has 160 valence electrons. The normalized spacial score (nSPS) is 18.1. The van der Waals surface area contributed by atoms with E-state index in [9.17, 15) is 14.7 Å². The van der Waals surface area contributed by atoms with Gasteiger partial charge in [0.15, 0.2) is 0 Å². The number of H-pyrrole nitrogens is 1. The van der Waals surface area contributed by atoms with Crippen molar-refractivity contribution in [3.05, 3.63) is 88.9 Å². The predicted octanol–water partition coefficient (Wildman–Crippen LogP) is 4.65. The number of amides is 1. The van der Waals surface area contributed by atoms with E-state index in [1.807, 2.05) is 43.3 Å². The van der Waals surface area contributed by atoms with Crippen LogP contribution in [-0.4, -0.2) is 26.8 Å². The lowest BCUT2D eigenvalue weighted by atomic mass is 9.98. The molecule has 1 fully saturated rings. The summed E-state index contributed by atoms with van der Waals surface area (Å²) in [5, 5.41) is 11.1. The Labute approximate surface area is 184 Å². The summed E-state index contributed by atoms with van der Waals surface area (Å²) < 4.78 is 5.81. The van der Waals surface area contributed by atoms with Gasteiger partial charge in [0, 0.05) is 5.56 Å². The second kappa shape index (κ2) is 7.53. The average molecular weight is 427 g/mol. The van der Waals surface area contributed by atoms with Crippen molar-refractivity contribution >= 4 is 34.4 Å². The Morgan fingerprint density at radius 2 is 1.84 bits per heavy atom. The first kappa shape index (κ1) is 19.8. The number of carbonyl (C=O) groups is 2. The van der Waals surface area contributed by atoms with Crippen LogP contribution in [-0.2, 0) is 16.0 Å². The summed E-state index contributed by atoms with van der Waals surface area (Å²) in [6.45, 7) is 3.81. The molecule has 3 heterocycles. The number of aliphatic hydroxyl groups is 1. The number of aromatic nitrogens is 2. The Morgan fingerprint density at radius 1 is 1.09 bits per heavy atom. The molecule has 0 saturated carbocycles. The van der Waals surface area contributed by atoms with E-state index in [2.05, 4.69) is 9.97 Å². The van der Waals surface area contributed by atoms with Gasteiger partial charge in [0.25, 0.3) is 5.78 Å². The summed E-state index contributed by atoms with van der Waals surface area (Å²) in [5.74, 6) is -0.607. The fourth-order valence-electron chi connectivity index (χ4n) is 4.03. The first-order chi connectivity index (χ1) is 15.5. The van der Waals surface area contributed by atoms with Gasteiger partial charge in [-0.3, -0.25) is 14.5 Å². The Bertz CT molecular complexity index is 1340. The van der Waals surface area contributed by atoms with E-state index in [1.54, 1.807) is 31.2 Å². The molecule has 7 heteroatoms. The number of aryl methyl sites for hydroxylation is 2. The van der Waals surface area contributed by atoms with Gasteiger partial charge in [0.05, 0.1) is 16.6 Å². The van der Waals surface area contributed by atoms with Gasteiger partial charge < -0.3 is 14.5 Å². The number of aliphatic hydroxyl groups excluding tert-OH is 1. The number of nitrogens with one attached hydrogen (secondary N) is 1. The van der Waals surface area contributed by atoms with Crippen LogP contribution < -0.4 is 4.90 Å². The summed E-state index contributed by atoms with van der Waals surface area (Å²) in [6, 6.07) is 17.1. The maximum Gasteiger partial charge on any atom is 0.302 e. The van der Waals surface area contributed by atoms with Gasteiger partial charge >= 0.3 is 5.91 Å². The van der Waals surface area contributed by atoms with Gasteiger partial charge in [-0.05, 0) is 43.2 Å². The Kier molecular flexibility index (Phi) is 4.66. The second-order valence-corrected chi connectivity index (χ2v) is 7.75. The SMILES string of the molecule is CCc1ccc(/C(O)=C2\C(=O)C(=O)N(c3nc4ccccc4[nH]3)C2c2ccc(C)o2)cc1. The van der Waals surface area contributed by atoms with E-state index in [-0.39, 0.29) is 17.3 Å². The topological polar surface area (TPSA) is 99.4 Å². The molecule has 2 aromatic heterocycles. The third-order valence-corrected chi connectivity index (χ3v) is 5.72. The molecule has 1 saturated heterocycles. The zero-order chi connectivity index (χ0) is 22.4. The van der Waals surface area contributed by atoms with Crippen LogP contribution in [0.3, 0.4) is 0 Å². The third-order valence-electron chi connectivity index (χ3n) is 5.72. The average Bonchev–Trinajstić information content (AvgIpc) is 3.49. The highest BCUT2D eigenvalue weighted by Crippen LogP contribution is 2.42. The molecular weight excluding hydrogens is 406 g/mol. The number of imidazole rings is 1. The molecule has 1 unspecified atom stereocenters. The number of carbonyl (C=O) groups excluding carboxylic acids is 2. The molecular formula is C25H21N3O4. The molecule has 1 aliphatic rings. The summed E-state index contributed by atoms with van der Waals surface area (Å²) in [5.41, 5.74) is 2.91. The lowest BCUT2D eigenvalue weighted by molar-refractivity contribution is -0.132. The maximum atomic E-state index is 13.1.